The Balaban J connectivity index is 3.26. The number of hydrogen-bond donors (Lipinski definition) is 0. The zero-order chi connectivity index (χ0) is 14.6. The fraction of sp³-hybridized carbons (Fsp3) is 0.538. The van der Waals surface area contributed by atoms with Crippen LogP contribution in [0, 0.1) is 19.7 Å². The van der Waals surface area contributed by atoms with Gasteiger partial charge in [0, 0.05) is 19.0 Å². The van der Waals surface area contributed by atoms with Gasteiger partial charge in [-0.25, -0.2) is 12.8 Å². The van der Waals surface area contributed by atoms with Crippen LogP contribution in [0.5, 0.6) is 0 Å². The average molecular weight is 308 g/mol. The van der Waals surface area contributed by atoms with Gasteiger partial charge in [0.05, 0.1) is 4.90 Å². The Kier molecular flexibility index (Phi) is 5.77. The van der Waals surface area contributed by atoms with Crippen LogP contribution in [0.3, 0.4) is 0 Å². The molecule has 0 heterocycles. The lowest BCUT2D eigenvalue weighted by molar-refractivity contribution is 0.427. The van der Waals surface area contributed by atoms with Crippen LogP contribution in [0.4, 0.5) is 4.39 Å². The van der Waals surface area contributed by atoms with Crippen molar-refractivity contribution in [2.45, 2.75) is 32.1 Å². The predicted octanol–water partition coefficient (Wildman–Crippen LogP) is 3.08. The first-order valence-electron chi connectivity index (χ1n) is 6.17. The van der Waals surface area contributed by atoms with Gasteiger partial charge < -0.3 is 0 Å². The van der Waals surface area contributed by atoms with Crippen molar-refractivity contribution in [1.82, 2.24) is 4.31 Å². The van der Waals surface area contributed by atoms with Crippen molar-refractivity contribution in [3.8, 4) is 0 Å². The summed E-state index contributed by atoms with van der Waals surface area (Å²) in [5, 5.41) is 0. The van der Waals surface area contributed by atoms with E-state index in [4.69, 9.17) is 11.6 Å². The standard InChI is InChI=1S/C13H19ClFNO2S/c1-4-16(7-5-6-14)19(17,18)13-10(2)8-12(15)9-11(13)3/h8-9H,4-7H2,1-3H3. The minimum atomic E-state index is -3.59. The molecule has 0 unspecified atom stereocenters. The molecule has 0 aliphatic rings. The summed E-state index contributed by atoms with van der Waals surface area (Å²) < 4.78 is 39.8. The summed E-state index contributed by atoms with van der Waals surface area (Å²) in [6.07, 6.45) is 0.591. The van der Waals surface area contributed by atoms with E-state index in [0.717, 1.165) is 0 Å². The van der Waals surface area contributed by atoms with Crippen LogP contribution >= 0.6 is 11.6 Å². The molecule has 6 heteroatoms. The maximum absolute atomic E-state index is 13.3. The number of alkyl halides is 1. The molecule has 0 saturated heterocycles. The summed E-state index contributed by atoms with van der Waals surface area (Å²) in [7, 11) is -3.59. The van der Waals surface area contributed by atoms with Gasteiger partial charge in [-0.2, -0.15) is 4.31 Å². The molecule has 0 spiro atoms. The SMILES string of the molecule is CCN(CCCCl)S(=O)(=O)c1c(C)cc(F)cc1C. The molecule has 1 aromatic rings. The molecule has 0 bridgehead atoms. The fourth-order valence-corrected chi connectivity index (χ4v) is 4.14. The molecule has 108 valence electrons. The van der Waals surface area contributed by atoms with Crippen molar-refractivity contribution in [3.63, 3.8) is 0 Å². The van der Waals surface area contributed by atoms with E-state index < -0.39 is 15.8 Å². The molecule has 3 nitrogen and oxygen atoms in total. The lowest BCUT2D eigenvalue weighted by Gasteiger charge is -2.22. The predicted molar refractivity (Wildman–Crippen MR) is 75.6 cm³/mol. The second-order valence-electron chi connectivity index (χ2n) is 4.41. The van der Waals surface area contributed by atoms with E-state index in [1.54, 1.807) is 20.8 Å². The maximum atomic E-state index is 13.3. The lowest BCUT2D eigenvalue weighted by Crippen LogP contribution is -2.33. The number of aryl methyl sites for hydroxylation is 2. The van der Waals surface area contributed by atoms with E-state index in [2.05, 4.69) is 0 Å². The zero-order valence-corrected chi connectivity index (χ0v) is 13.0. The third-order valence-electron chi connectivity index (χ3n) is 2.92. The van der Waals surface area contributed by atoms with Crippen LogP contribution < -0.4 is 0 Å². The van der Waals surface area contributed by atoms with E-state index in [0.29, 0.717) is 36.5 Å². The normalized spacial score (nSPS) is 12.1. The first kappa shape index (κ1) is 16.4. The van der Waals surface area contributed by atoms with Crippen LogP contribution in [0.2, 0.25) is 0 Å². The van der Waals surface area contributed by atoms with E-state index in [-0.39, 0.29) is 4.90 Å². The summed E-state index contributed by atoms with van der Waals surface area (Å²) in [5.74, 6) is -0.00862. The number of halogens is 2. The molecular weight excluding hydrogens is 289 g/mol. The minimum Gasteiger partial charge on any atom is -0.207 e. The van der Waals surface area contributed by atoms with Crippen molar-refractivity contribution in [2.75, 3.05) is 19.0 Å². The smallest absolute Gasteiger partial charge is 0.207 e. The van der Waals surface area contributed by atoms with Gasteiger partial charge in [-0.05, 0) is 43.5 Å². The number of rotatable bonds is 6. The average Bonchev–Trinajstić information content (AvgIpc) is 2.27. The van der Waals surface area contributed by atoms with Gasteiger partial charge in [0.1, 0.15) is 5.82 Å². The Labute approximate surface area is 119 Å². The van der Waals surface area contributed by atoms with Crippen molar-refractivity contribution in [1.29, 1.82) is 0 Å². The summed E-state index contributed by atoms with van der Waals surface area (Å²) in [6.45, 7) is 5.74. The highest BCUT2D eigenvalue weighted by atomic mass is 35.5. The number of nitrogens with zero attached hydrogens (tertiary/aromatic N) is 1. The van der Waals surface area contributed by atoms with Crippen molar-refractivity contribution in [3.05, 3.63) is 29.1 Å². The van der Waals surface area contributed by atoms with E-state index in [9.17, 15) is 12.8 Å². The zero-order valence-electron chi connectivity index (χ0n) is 11.4. The molecule has 0 aromatic heterocycles. The number of hydrogen-bond acceptors (Lipinski definition) is 2. The van der Waals surface area contributed by atoms with E-state index in [1.165, 1.54) is 16.4 Å². The van der Waals surface area contributed by atoms with Crippen LogP contribution in [0.25, 0.3) is 0 Å². The first-order valence-corrected chi connectivity index (χ1v) is 8.15. The molecule has 0 radical (unpaired) electrons. The van der Waals surface area contributed by atoms with Crippen LogP contribution in [0.15, 0.2) is 17.0 Å². The monoisotopic (exact) mass is 307 g/mol. The third-order valence-corrected chi connectivity index (χ3v) is 5.46. The van der Waals surface area contributed by atoms with Crippen molar-refractivity contribution >= 4 is 21.6 Å². The van der Waals surface area contributed by atoms with E-state index >= 15 is 0 Å². The number of benzene rings is 1. The summed E-state index contributed by atoms with van der Waals surface area (Å²) in [6, 6.07) is 2.49. The molecule has 0 fully saturated rings. The van der Waals surface area contributed by atoms with Gasteiger partial charge in [-0.15, -0.1) is 11.6 Å². The maximum Gasteiger partial charge on any atom is 0.243 e. The first-order chi connectivity index (χ1) is 8.84. The Morgan fingerprint density at radius 1 is 1.26 bits per heavy atom. The van der Waals surface area contributed by atoms with Crippen LogP contribution in [-0.2, 0) is 10.0 Å². The minimum absolute atomic E-state index is 0.199. The Hall–Kier alpha value is -0.650. The quantitative estimate of drug-likeness (QED) is 0.757. The summed E-state index contributed by atoms with van der Waals surface area (Å²) >= 11 is 5.61. The highest BCUT2D eigenvalue weighted by Crippen LogP contribution is 2.25. The fourth-order valence-electron chi connectivity index (χ4n) is 2.12. The largest absolute Gasteiger partial charge is 0.243 e. The molecule has 0 amide bonds. The Bertz CT molecular complexity index is 523. The highest BCUT2D eigenvalue weighted by molar-refractivity contribution is 7.89. The topological polar surface area (TPSA) is 37.4 Å². The second-order valence-corrected chi connectivity index (χ2v) is 6.66. The van der Waals surface area contributed by atoms with Gasteiger partial charge >= 0.3 is 0 Å². The Morgan fingerprint density at radius 3 is 2.21 bits per heavy atom. The van der Waals surface area contributed by atoms with Crippen LogP contribution in [-0.4, -0.2) is 31.7 Å². The van der Waals surface area contributed by atoms with Gasteiger partial charge in [-0.1, -0.05) is 6.92 Å². The van der Waals surface area contributed by atoms with Crippen molar-refractivity contribution < 1.29 is 12.8 Å². The van der Waals surface area contributed by atoms with Gasteiger partial charge in [-0.3, -0.25) is 0 Å². The molecule has 1 rings (SSSR count). The molecule has 0 aliphatic carbocycles. The summed E-state index contributed by atoms with van der Waals surface area (Å²) in [5.41, 5.74) is 0.864. The molecule has 1 aromatic carbocycles. The molecule has 19 heavy (non-hydrogen) atoms. The van der Waals surface area contributed by atoms with Gasteiger partial charge in [0.2, 0.25) is 10.0 Å². The lowest BCUT2D eigenvalue weighted by atomic mass is 10.1. The third kappa shape index (κ3) is 3.68. The van der Waals surface area contributed by atoms with Crippen molar-refractivity contribution in [2.24, 2.45) is 0 Å². The number of sulfonamides is 1. The molecule has 0 atom stereocenters. The van der Waals surface area contributed by atoms with Crippen LogP contribution in [0.1, 0.15) is 24.5 Å². The second kappa shape index (κ2) is 6.68. The van der Waals surface area contributed by atoms with Gasteiger partial charge in [0.15, 0.2) is 0 Å². The van der Waals surface area contributed by atoms with Gasteiger partial charge in [0.25, 0.3) is 0 Å². The summed E-state index contributed by atoms with van der Waals surface area (Å²) in [4.78, 5) is 0.199. The highest BCUT2D eigenvalue weighted by Gasteiger charge is 2.26. The Morgan fingerprint density at radius 2 is 1.79 bits per heavy atom. The molecular formula is C13H19ClFNO2S. The molecule has 0 saturated carbocycles. The van der Waals surface area contributed by atoms with E-state index in [1.807, 2.05) is 0 Å². The molecule has 0 N–H and O–H groups in total. The molecule has 0 aliphatic heterocycles.